The molecule has 0 aliphatic heterocycles. The average Bonchev–Trinajstić information content (AvgIpc) is 2.96. The largest absolute Gasteiger partial charge is 0.504 e. The number of benzene rings is 2. The Balaban J connectivity index is 1.76. The Kier molecular flexibility index (Phi) is 17.7. The number of phenolic OH excluding ortho intramolecular Hbond substituents is 2. The summed E-state index contributed by atoms with van der Waals surface area (Å²) in [4.78, 5) is 13.2. The van der Waals surface area contributed by atoms with Crippen molar-refractivity contribution in [3.63, 3.8) is 0 Å². The van der Waals surface area contributed by atoms with E-state index in [1.54, 1.807) is 24.3 Å². The summed E-state index contributed by atoms with van der Waals surface area (Å²) >= 11 is 0. The third-order valence-electron chi connectivity index (χ3n) is 7.45. The molecule has 0 atom stereocenters. The van der Waals surface area contributed by atoms with Gasteiger partial charge in [0.15, 0.2) is 28.8 Å². The van der Waals surface area contributed by atoms with Gasteiger partial charge in [0.2, 0.25) is 0 Å². The van der Waals surface area contributed by atoms with E-state index in [1.807, 2.05) is 0 Å². The molecule has 5 nitrogen and oxygen atoms in total. The lowest BCUT2D eigenvalue weighted by Crippen LogP contribution is -2.04. The monoisotopic (exact) mass is 554 g/mol. The molecule has 0 spiro atoms. The summed E-state index contributed by atoms with van der Waals surface area (Å²) in [6, 6.07) is 9.39. The van der Waals surface area contributed by atoms with Crippen LogP contribution in [-0.4, -0.2) is 29.2 Å². The highest BCUT2D eigenvalue weighted by molar-refractivity contribution is 6.09. The Labute approximate surface area is 243 Å². The van der Waals surface area contributed by atoms with E-state index in [9.17, 15) is 15.0 Å². The van der Waals surface area contributed by atoms with Crippen LogP contribution in [0.4, 0.5) is 0 Å². The third-order valence-corrected chi connectivity index (χ3v) is 7.45. The first kappa shape index (κ1) is 33.5. The van der Waals surface area contributed by atoms with Gasteiger partial charge >= 0.3 is 0 Å². The van der Waals surface area contributed by atoms with Crippen molar-refractivity contribution in [1.82, 2.24) is 0 Å². The molecule has 0 aromatic heterocycles. The highest BCUT2D eigenvalue weighted by Crippen LogP contribution is 2.31. The van der Waals surface area contributed by atoms with E-state index in [4.69, 9.17) is 9.47 Å². The molecule has 0 aliphatic rings. The van der Waals surface area contributed by atoms with Gasteiger partial charge < -0.3 is 19.7 Å². The minimum absolute atomic E-state index is 0.0307. The first-order chi connectivity index (χ1) is 19.6. The van der Waals surface area contributed by atoms with Crippen LogP contribution in [-0.2, 0) is 0 Å². The van der Waals surface area contributed by atoms with Crippen molar-refractivity contribution in [2.75, 3.05) is 13.2 Å². The Morgan fingerprint density at radius 3 is 1.20 bits per heavy atom. The maximum Gasteiger partial charge on any atom is 0.193 e. The van der Waals surface area contributed by atoms with Crippen LogP contribution < -0.4 is 9.47 Å². The quantitative estimate of drug-likeness (QED) is 0.0997. The fourth-order valence-corrected chi connectivity index (χ4v) is 4.90. The van der Waals surface area contributed by atoms with Crippen LogP contribution in [0.3, 0.4) is 0 Å². The van der Waals surface area contributed by atoms with Crippen molar-refractivity contribution < 1.29 is 24.5 Å². The summed E-state index contributed by atoms with van der Waals surface area (Å²) in [5.74, 6) is 0.504. The zero-order chi connectivity index (χ0) is 28.8. The summed E-state index contributed by atoms with van der Waals surface area (Å²) in [7, 11) is 0. The molecule has 0 fully saturated rings. The van der Waals surface area contributed by atoms with Gasteiger partial charge in [0.05, 0.1) is 13.2 Å². The Hall–Kier alpha value is -2.69. The van der Waals surface area contributed by atoms with Gasteiger partial charge in [-0.1, -0.05) is 117 Å². The number of aromatic hydroxyl groups is 2. The third kappa shape index (κ3) is 13.6. The number of rotatable bonds is 24. The van der Waals surface area contributed by atoms with E-state index in [0.29, 0.717) is 35.8 Å². The number of carbonyl (C=O) groups excluding carboxylic acids is 1. The molecule has 0 aliphatic carbocycles. The summed E-state index contributed by atoms with van der Waals surface area (Å²) in [5.41, 5.74) is 0.853. The number of phenols is 2. The molecule has 5 heteroatoms. The molecular weight excluding hydrogens is 500 g/mol. The first-order valence-corrected chi connectivity index (χ1v) is 16.0. The van der Waals surface area contributed by atoms with Crippen LogP contribution >= 0.6 is 0 Å². The van der Waals surface area contributed by atoms with Crippen molar-refractivity contribution in [3.05, 3.63) is 47.5 Å². The molecule has 224 valence electrons. The zero-order valence-corrected chi connectivity index (χ0v) is 25.2. The molecule has 0 bridgehead atoms. The van der Waals surface area contributed by atoms with Gasteiger partial charge in [-0.15, -0.1) is 0 Å². The molecule has 0 radical (unpaired) electrons. The number of ether oxygens (including phenoxy) is 2. The van der Waals surface area contributed by atoms with E-state index < -0.39 is 0 Å². The van der Waals surface area contributed by atoms with E-state index in [0.717, 1.165) is 25.7 Å². The first-order valence-electron chi connectivity index (χ1n) is 16.0. The molecule has 2 aromatic carbocycles. The Bertz CT molecular complexity index is 879. The van der Waals surface area contributed by atoms with Gasteiger partial charge in [-0.2, -0.15) is 0 Å². The van der Waals surface area contributed by atoms with Gasteiger partial charge in [-0.25, -0.2) is 0 Å². The SMILES string of the molecule is CCCCCCCCCCCOc1cc(C(=O)c2ccc(O)c(OCCCCCCCCCCC)c2)ccc1O. The van der Waals surface area contributed by atoms with Crippen molar-refractivity contribution >= 4 is 5.78 Å². The Morgan fingerprint density at radius 1 is 0.525 bits per heavy atom. The molecule has 0 saturated heterocycles. The second-order valence-electron chi connectivity index (χ2n) is 11.0. The zero-order valence-electron chi connectivity index (χ0n) is 25.2. The lowest BCUT2D eigenvalue weighted by Gasteiger charge is -2.12. The van der Waals surface area contributed by atoms with Gasteiger partial charge in [0, 0.05) is 11.1 Å². The molecular formula is C35H54O5. The number of carbonyl (C=O) groups is 1. The van der Waals surface area contributed by atoms with Crippen LogP contribution in [0.1, 0.15) is 145 Å². The summed E-state index contributed by atoms with van der Waals surface area (Å²) < 4.78 is 11.6. The molecule has 2 aromatic rings. The number of hydrogen-bond acceptors (Lipinski definition) is 5. The number of hydrogen-bond donors (Lipinski definition) is 2. The van der Waals surface area contributed by atoms with Crippen molar-refractivity contribution in [2.45, 2.75) is 129 Å². The number of unbranched alkanes of at least 4 members (excludes halogenated alkanes) is 16. The fraction of sp³-hybridized carbons (Fsp3) is 0.629. The van der Waals surface area contributed by atoms with Gasteiger partial charge in [-0.3, -0.25) is 4.79 Å². The van der Waals surface area contributed by atoms with Gasteiger partial charge in [0.25, 0.3) is 0 Å². The maximum atomic E-state index is 13.2. The predicted molar refractivity (Wildman–Crippen MR) is 165 cm³/mol. The van der Waals surface area contributed by atoms with Crippen LogP contribution in [0.2, 0.25) is 0 Å². The summed E-state index contributed by atoms with van der Waals surface area (Å²) in [6.45, 7) is 5.50. The normalized spacial score (nSPS) is 11.1. The smallest absolute Gasteiger partial charge is 0.193 e. The highest BCUT2D eigenvalue weighted by Gasteiger charge is 2.15. The fourth-order valence-electron chi connectivity index (χ4n) is 4.90. The lowest BCUT2D eigenvalue weighted by atomic mass is 10.0. The van der Waals surface area contributed by atoms with Crippen LogP contribution in [0, 0.1) is 0 Å². The standard InChI is InChI=1S/C35H54O5/c1-3-5-7-9-11-13-15-17-19-25-39-33-27-29(21-23-31(33)36)35(38)30-22-24-32(37)34(28-30)40-26-20-18-16-14-12-10-8-6-4-2/h21-24,27-28,36-37H,3-20,25-26H2,1-2H3. The van der Waals surface area contributed by atoms with Crippen LogP contribution in [0.25, 0.3) is 0 Å². The van der Waals surface area contributed by atoms with Crippen molar-refractivity contribution in [1.29, 1.82) is 0 Å². The van der Waals surface area contributed by atoms with Crippen molar-refractivity contribution in [3.8, 4) is 23.0 Å². The molecule has 0 saturated carbocycles. The van der Waals surface area contributed by atoms with E-state index >= 15 is 0 Å². The summed E-state index contributed by atoms with van der Waals surface area (Å²) in [6.07, 6.45) is 22.1. The summed E-state index contributed by atoms with van der Waals surface area (Å²) in [5, 5.41) is 20.5. The van der Waals surface area contributed by atoms with Crippen LogP contribution in [0.5, 0.6) is 23.0 Å². The van der Waals surface area contributed by atoms with Crippen LogP contribution in [0.15, 0.2) is 36.4 Å². The predicted octanol–water partition coefficient (Wildman–Crippen LogP) is 10.1. The molecule has 2 N–H and O–H groups in total. The van der Waals surface area contributed by atoms with E-state index in [1.165, 1.54) is 102 Å². The molecule has 0 unspecified atom stereocenters. The molecule has 40 heavy (non-hydrogen) atoms. The second-order valence-corrected chi connectivity index (χ2v) is 11.0. The Morgan fingerprint density at radius 2 is 0.850 bits per heavy atom. The highest BCUT2D eigenvalue weighted by atomic mass is 16.5. The number of ketones is 1. The molecule has 0 amide bonds. The molecule has 2 rings (SSSR count). The topological polar surface area (TPSA) is 76.0 Å². The average molecular weight is 555 g/mol. The maximum absolute atomic E-state index is 13.2. The molecule has 0 heterocycles. The minimum Gasteiger partial charge on any atom is -0.504 e. The van der Waals surface area contributed by atoms with E-state index in [2.05, 4.69) is 13.8 Å². The lowest BCUT2D eigenvalue weighted by molar-refractivity contribution is 0.103. The second kappa shape index (κ2) is 21.1. The van der Waals surface area contributed by atoms with Crippen molar-refractivity contribution in [2.24, 2.45) is 0 Å². The van der Waals surface area contributed by atoms with Gasteiger partial charge in [-0.05, 0) is 49.2 Å². The van der Waals surface area contributed by atoms with E-state index in [-0.39, 0.29) is 17.3 Å². The minimum atomic E-state index is -0.208. The van der Waals surface area contributed by atoms with Gasteiger partial charge in [0.1, 0.15) is 0 Å².